The maximum Gasteiger partial charge on any atom is 0.338 e. The lowest BCUT2D eigenvalue weighted by Crippen LogP contribution is -2.07. The van der Waals surface area contributed by atoms with Gasteiger partial charge in [0.25, 0.3) is 0 Å². The molecule has 0 fully saturated rings. The Hall–Kier alpha value is -0.350. The van der Waals surface area contributed by atoms with Crippen molar-refractivity contribution >= 4 is 37.8 Å². The van der Waals surface area contributed by atoms with E-state index in [2.05, 4.69) is 31.9 Å². The molecule has 14 heavy (non-hydrogen) atoms. The number of rotatable bonds is 3. The second-order valence-corrected chi connectivity index (χ2v) is 4.13. The second-order valence-electron chi connectivity index (χ2n) is 2.66. The molecule has 1 aromatic rings. The Labute approximate surface area is 99.9 Å². The third-order valence-corrected chi connectivity index (χ3v) is 2.80. The van der Waals surface area contributed by atoms with Gasteiger partial charge in [-0.1, -0.05) is 31.9 Å². The van der Waals surface area contributed by atoms with Gasteiger partial charge in [0.05, 0.1) is 12.2 Å². The van der Waals surface area contributed by atoms with Crippen LogP contribution in [0.5, 0.6) is 0 Å². The first kappa shape index (κ1) is 11.7. The molecule has 0 unspecified atom stereocenters. The highest BCUT2D eigenvalue weighted by atomic mass is 79.9. The first-order valence-corrected chi connectivity index (χ1v) is 6.12. The fourth-order valence-corrected chi connectivity index (χ4v) is 1.95. The molecule has 0 radical (unpaired) electrons. The molecule has 1 rings (SSSR count). The zero-order valence-electron chi connectivity index (χ0n) is 7.72. The van der Waals surface area contributed by atoms with Crippen LogP contribution in [0.1, 0.15) is 22.8 Å². The molecule has 4 heteroatoms. The Morgan fingerprint density at radius 3 is 2.79 bits per heavy atom. The lowest BCUT2D eigenvalue weighted by Gasteiger charge is -2.06. The molecule has 0 bridgehead atoms. The van der Waals surface area contributed by atoms with Gasteiger partial charge in [0, 0.05) is 9.80 Å². The fourth-order valence-electron chi connectivity index (χ4n) is 1.08. The SMILES string of the molecule is CCOC(=O)c1ccc(Br)cc1CBr. The Morgan fingerprint density at radius 1 is 1.50 bits per heavy atom. The predicted octanol–water partition coefficient (Wildman–Crippen LogP) is 3.52. The van der Waals surface area contributed by atoms with E-state index in [4.69, 9.17) is 4.74 Å². The summed E-state index contributed by atoms with van der Waals surface area (Å²) in [6.07, 6.45) is 0. The number of alkyl halides is 1. The van der Waals surface area contributed by atoms with Gasteiger partial charge in [-0.25, -0.2) is 4.79 Å². The lowest BCUT2D eigenvalue weighted by atomic mass is 10.1. The van der Waals surface area contributed by atoms with E-state index in [1.165, 1.54) is 0 Å². The van der Waals surface area contributed by atoms with Crippen molar-refractivity contribution < 1.29 is 9.53 Å². The number of ether oxygens (including phenoxy) is 1. The molecule has 2 nitrogen and oxygen atoms in total. The highest BCUT2D eigenvalue weighted by Crippen LogP contribution is 2.19. The maximum absolute atomic E-state index is 11.5. The van der Waals surface area contributed by atoms with Crippen LogP contribution in [0, 0.1) is 0 Å². The predicted molar refractivity (Wildman–Crippen MR) is 62.7 cm³/mol. The number of benzene rings is 1. The van der Waals surface area contributed by atoms with E-state index in [0.717, 1.165) is 10.0 Å². The van der Waals surface area contributed by atoms with Gasteiger partial charge >= 0.3 is 5.97 Å². The topological polar surface area (TPSA) is 26.3 Å². The molecule has 0 aromatic heterocycles. The molecule has 76 valence electrons. The van der Waals surface area contributed by atoms with Crippen LogP contribution in [0.25, 0.3) is 0 Å². The average molecular weight is 322 g/mol. The number of hydrogen-bond donors (Lipinski definition) is 0. The first-order valence-electron chi connectivity index (χ1n) is 4.20. The van der Waals surface area contributed by atoms with Crippen molar-refractivity contribution in [2.45, 2.75) is 12.3 Å². The van der Waals surface area contributed by atoms with E-state index >= 15 is 0 Å². The van der Waals surface area contributed by atoms with Crippen LogP contribution >= 0.6 is 31.9 Å². The molecule has 0 N–H and O–H groups in total. The Kier molecular flexibility index (Phi) is 4.62. The summed E-state index contributed by atoms with van der Waals surface area (Å²) >= 11 is 6.69. The third-order valence-electron chi connectivity index (χ3n) is 1.71. The summed E-state index contributed by atoms with van der Waals surface area (Å²) in [5.41, 5.74) is 1.55. The van der Waals surface area contributed by atoms with E-state index in [0.29, 0.717) is 17.5 Å². The van der Waals surface area contributed by atoms with Crippen molar-refractivity contribution in [2.24, 2.45) is 0 Å². The van der Waals surface area contributed by atoms with Gasteiger partial charge in [0.2, 0.25) is 0 Å². The Balaban J connectivity index is 3.01. The lowest BCUT2D eigenvalue weighted by molar-refractivity contribution is 0.0525. The van der Waals surface area contributed by atoms with Crippen molar-refractivity contribution in [3.05, 3.63) is 33.8 Å². The number of carbonyl (C=O) groups is 1. The zero-order chi connectivity index (χ0) is 10.6. The summed E-state index contributed by atoms with van der Waals surface area (Å²) in [5.74, 6) is -0.269. The van der Waals surface area contributed by atoms with E-state index in [1.54, 1.807) is 13.0 Å². The van der Waals surface area contributed by atoms with Gasteiger partial charge in [0.1, 0.15) is 0 Å². The van der Waals surface area contributed by atoms with Crippen LogP contribution in [0.2, 0.25) is 0 Å². The summed E-state index contributed by atoms with van der Waals surface area (Å²) in [5, 5.41) is 0.639. The Bertz CT molecular complexity index is 337. The van der Waals surface area contributed by atoms with Gasteiger partial charge in [-0.15, -0.1) is 0 Å². The quantitative estimate of drug-likeness (QED) is 0.629. The minimum absolute atomic E-state index is 0.269. The number of carbonyl (C=O) groups excluding carboxylic acids is 1. The maximum atomic E-state index is 11.5. The van der Waals surface area contributed by atoms with Crippen molar-refractivity contribution in [3.63, 3.8) is 0 Å². The fraction of sp³-hybridized carbons (Fsp3) is 0.300. The van der Waals surface area contributed by atoms with Crippen LogP contribution in [0.4, 0.5) is 0 Å². The van der Waals surface area contributed by atoms with E-state index in [-0.39, 0.29) is 5.97 Å². The summed E-state index contributed by atoms with van der Waals surface area (Å²) in [6, 6.07) is 5.50. The molecule has 1 aromatic carbocycles. The molecule has 0 aliphatic heterocycles. The molecule has 0 heterocycles. The highest BCUT2D eigenvalue weighted by Gasteiger charge is 2.11. The normalized spacial score (nSPS) is 9.93. The van der Waals surface area contributed by atoms with E-state index in [1.807, 2.05) is 12.1 Å². The van der Waals surface area contributed by atoms with Gasteiger partial charge in [-0.3, -0.25) is 0 Å². The third kappa shape index (κ3) is 2.82. The van der Waals surface area contributed by atoms with Crippen molar-refractivity contribution in [3.8, 4) is 0 Å². The molecular formula is C10H10Br2O2. The van der Waals surface area contributed by atoms with Crippen molar-refractivity contribution in [2.75, 3.05) is 6.61 Å². The standard InChI is InChI=1S/C10H10Br2O2/c1-2-14-10(13)9-4-3-8(12)5-7(9)6-11/h3-5H,2,6H2,1H3. The van der Waals surface area contributed by atoms with Gasteiger partial charge in [-0.2, -0.15) is 0 Å². The smallest absolute Gasteiger partial charge is 0.338 e. The minimum Gasteiger partial charge on any atom is -0.462 e. The molecule has 0 amide bonds. The van der Waals surface area contributed by atoms with E-state index < -0.39 is 0 Å². The van der Waals surface area contributed by atoms with Crippen molar-refractivity contribution in [1.82, 2.24) is 0 Å². The Morgan fingerprint density at radius 2 is 2.21 bits per heavy atom. The van der Waals surface area contributed by atoms with Crippen molar-refractivity contribution in [1.29, 1.82) is 0 Å². The highest BCUT2D eigenvalue weighted by molar-refractivity contribution is 9.10. The minimum atomic E-state index is -0.269. The van der Waals surface area contributed by atoms with Crippen LogP contribution in [0.3, 0.4) is 0 Å². The number of hydrogen-bond acceptors (Lipinski definition) is 2. The summed E-state index contributed by atoms with van der Waals surface area (Å²) in [4.78, 5) is 11.5. The molecular weight excluding hydrogens is 312 g/mol. The molecule has 0 aliphatic rings. The molecule has 0 saturated carbocycles. The monoisotopic (exact) mass is 320 g/mol. The molecule has 0 aliphatic carbocycles. The molecule has 0 atom stereocenters. The summed E-state index contributed by atoms with van der Waals surface area (Å²) < 4.78 is 5.89. The molecule has 0 spiro atoms. The number of esters is 1. The zero-order valence-corrected chi connectivity index (χ0v) is 10.9. The van der Waals surface area contributed by atoms with Crippen LogP contribution in [-0.4, -0.2) is 12.6 Å². The average Bonchev–Trinajstić information content (AvgIpc) is 2.17. The molecule has 0 saturated heterocycles. The van der Waals surface area contributed by atoms with Gasteiger partial charge < -0.3 is 4.74 Å². The summed E-state index contributed by atoms with van der Waals surface area (Å²) in [7, 11) is 0. The van der Waals surface area contributed by atoms with Gasteiger partial charge in [0.15, 0.2) is 0 Å². The van der Waals surface area contributed by atoms with Crippen LogP contribution < -0.4 is 0 Å². The number of halogens is 2. The van der Waals surface area contributed by atoms with E-state index in [9.17, 15) is 4.79 Å². The first-order chi connectivity index (χ1) is 6.69. The van der Waals surface area contributed by atoms with Crippen LogP contribution in [0.15, 0.2) is 22.7 Å². The second kappa shape index (κ2) is 5.51. The largest absolute Gasteiger partial charge is 0.462 e. The van der Waals surface area contributed by atoms with Gasteiger partial charge in [-0.05, 0) is 30.7 Å². The summed E-state index contributed by atoms with van der Waals surface area (Å²) in [6.45, 7) is 2.20. The van der Waals surface area contributed by atoms with Crippen LogP contribution in [-0.2, 0) is 10.1 Å².